The van der Waals surface area contributed by atoms with E-state index in [0.29, 0.717) is 18.8 Å². The Balaban J connectivity index is 2.36. The Kier molecular flexibility index (Phi) is 3.15. The standard InChI is InChI=1S/C14H13N3OS/c15-7-8-17-11-5-2-1-4-10(11)16-13(14(17)18)12-6-3-9-19-12/h1-6,9H,7-8,15H2. The minimum atomic E-state index is -0.0772. The van der Waals surface area contributed by atoms with Crippen LogP contribution in [0.5, 0.6) is 0 Å². The number of para-hydroxylation sites is 2. The van der Waals surface area contributed by atoms with Gasteiger partial charge in [0.15, 0.2) is 0 Å². The lowest BCUT2D eigenvalue weighted by Crippen LogP contribution is -2.26. The van der Waals surface area contributed by atoms with Gasteiger partial charge in [0, 0.05) is 13.1 Å². The number of thiophene rings is 1. The third-order valence-corrected chi connectivity index (χ3v) is 3.84. The Bertz CT molecular complexity index is 762. The van der Waals surface area contributed by atoms with Crippen LogP contribution >= 0.6 is 11.3 Å². The second-order valence-corrected chi connectivity index (χ2v) is 5.12. The minimum Gasteiger partial charge on any atom is -0.329 e. The molecule has 2 heterocycles. The molecular formula is C14H13N3OS. The van der Waals surface area contributed by atoms with Crippen LogP contribution in [0.3, 0.4) is 0 Å². The quantitative estimate of drug-likeness (QED) is 0.793. The van der Waals surface area contributed by atoms with Gasteiger partial charge in [0.25, 0.3) is 5.56 Å². The van der Waals surface area contributed by atoms with Crippen molar-refractivity contribution in [3.05, 3.63) is 52.1 Å². The summed E-state index contributed by atoms with van der Waals surface area (Å²) < 4.78 is 1.71. The first-order valence-corrected chi connectivity index (χ1v) is 6.93. The van der Waals surface area contributed by atoms with Crippen molar-refractivity contribution in [2.45, 2.75) is 6.54 Å². The topological polar surface area (TPSA) is 60.9 Å². The maximum Gasteiger partial charge on any atom is 0.278 e. The molecule has 2 aromatic heterocycles. The molecule has 4 nitrogen and oxygen atoms in total. The van der Waals surface area contributed by atoms with Crippen LogP contribution in [0.2, 0.25) is 0 Å². The summed E-state index contributed by atoms with van der Waals surface area (Å²) in [5.74, 6) is 0. The van der Waals surface area contributed by atoms with Crippen molar-refractivity contribution >= 4 is 22.4 Å². The van der Waals surface area contributed by atoms with E-state index in [-0.39, 0.29) is 5.56 Å². The molecule has 3 aromatic rings. The van der Waals surface area contributed by atoms with Crippen LogP contribution in [-0.4, -0.2) is 16.1 Å². The first-order chi connectivity index (χ1) is 9.31. The van der Waals surface area contributed by atoms with Gasteiger partial charge in [0.05, 0.1) is 15.9 Å². The zero-order chi connectivity index (χ0) is 13.2. The lowest BCUT2D eigenvalue weighted by Gasteiger charge is -2.10. The lowest BCUT2D eigenvalue weighted by atomic mass is 10.2. The highest BCUT2D eigenvalue weighted by molar-refractivity contribution is 7.13. The number of nitrogens with two attached hydrogens (primary N) is 1. The second kappa shape index (κ2) is 4.95. The van der Waals surface area contributed by atoms with Gasteiger partial charge in [-0.3, -0.25) is 4.79 Å². The molecule has 2 N–H and O–H groups in total. The van der Waals surface area contributed by atoms with Gasteiger partial charge >= 0.3 is 0 Å². The highest BCUT2D eigenvalue weighted by atomic mass is 32.1. The summed E-state index contributed by atoms with van der Waals surface area (Å²) in [4.78, 5) is 17.9. The molecule has 0 saturated carbocycles. The van der Waals surface area contributed by atoms with Gasteiger partial charge in [-0.05, 0) is 23.6 Å². The molecule has 0 radical (unpaired) electrons. The monoisotopic (exact) mass is 271 g/mol. The number of fused-ring (bicyclic) bond motifs is 1. The van der Waals surface area contributed by atoms with E-state index >= 15 is 0 Å². The van der Waals surface area contributed by atoms with Crippen LogP contribution in [-0.2, 0) is 6.54 Å². The molecule has 0 amide bonds. The van der Waals surface area contributed by atoms with Gasteiger partial charge in [-0.2, -0.15) is 0 Å². The molecule has 0 aliphatic rings. The van der Waals surface area contributed by atoms with Crippen molar-refractivity contribution in [1.29, 1.82) is 0 Å². The fourth-order valence-electron chi connectivity index (χ4n) is 2.12. The van der Waals surface area contributed by atoms with Gasteiger partial charge in [-0.1, -0.05) is 18.2 Å². The molecule has 0 unspecified atom stereocenters. The van der Waals surface area contributed by atoms with E-state index in [1.807, 2.05) is 41.8 Å². The normalized spacial score (nSPS) is 11.0. The number of aromatic nitrogens is 2. The average Bonchev–Trinajstić information content (AvgIpc) is 2.95. The number of hydrogen-bond donors (Lipinski definition) is 1. The first-order valence-electron chi connectivity index (χ1n) is 6.05. The smallest absolute Gasteiger partial charge is 0.278 e. The van der Waals surface area contributed by atoms with E-state index in [1.165, 1.54) is 11.3 Å². The van der Waals surface area contributed by atoms with E-state index in [9.17, 15) is 4.79 Å². The molecule has 0 aliphatic carbocycles. The maximum atomic E-state index is 12.5. The molecule has 5 heteroatoms. The molecule has 1 aromatic carbocycles. The van der Waals surface area contributed by atoms with Crippen LogP contribution in [0.25, 0.3) is 21.6 Å². The average molecular weight is 271 g/mol. The Morgan fingerprint density at radius 3 is 2.79 bits per heavy atom. The second-order valence-electron chi connectivity index (χ2n) is 4.17. The molecule has 19 heavy (non-hydrogen) atoms. The van der Waals surface area contributed by atoms with E-state index in [1.54, 1.807) is 4.57 Å². The zero-order valence-electron chi connectivity index (χ0n) is 10.2. The zero-order valence-corrected chi connectivity index (χ0v) is 11.1. The highest BCUT2D eigenvalue weighted by Crippen LogP contribution is 2.21. The highest BCUT2D eigenvalue weighted by Gasteiger charge is 2.12. The first kappa shape index (κ1) is 12.1. The van der Waals surface area contributed by atoms with E-state index in [0.717, 1.165) is 15.9 Å². The Morgan fingerprint density at radius 1 is 1.21 bits per heavy atom. The summed E-state index contributed by atoms with van der Waals surface area (Å²) in [6.07, 6.45) is 0. The SMILES string of the molecule is NCCn1c(=O)c(-c2cccs2)nc2ccccc21. The predicted molar refractivity (Wildman–Crippen MR) is 78.4 cm³/mol. The Hall–Kier alpha value is -1.98. The molecule has 0 spiro atoms. The Morgan fingerprint density at radius 2 is 2.05 bits per heavy atom. The van der Waals surface area contributed by atoms with Crippen LogP contribution in [0.4, 0.5) is 0 Å². The molecule has 0 saturated heterocycles. The van der Waals surface area contributed by atoms with Crippen molar-refractivity contribution in [2.24, 2.45) is 5.73 Å². The number of rotatable bonds is 3. The molecular weight excluding hydrogens is 258 g/mol. The van der Waals surface area contributed by atoms with Crippen molar-refractivity contribution in [3.63, 3.8) is 0 Å². The Labute approximate surface area is 114 Å². The van der Waals surface area contributed by atoms with E-state index < -0.39 is 0 Å². The summed E-state index contributed by atoms with van der Waals surface area (Å²) in [5.41, 5.74) is 7.69. The van der Waals surface area contributed by atoms with Gasteiger partial charge in [-0.15, -0.1) is 11.3 Å². The third kappa shape index (κ3) is 2.07. The van der Waals surface area contributed by atoms with Crippen molar-refractivity contribution in [1.82, 2.24) is 9.55 Å². The number of benzene rings is 1. The fourth-order valence-corrected chi connectivity index (χ4v) is 2.82. The fraction of sp³-hybridized carbons (Fsp3) is 0.143. The van der Waals surface area contributed by atoms with Crippen LogP contribution in [0.1, 0.15) is 0 Å². The number of nitrogens with zero attached hydrogens (tertiary/aromatic N) is 2. The molecule has 0 fully saturated rings. The van der Waals surface area contributed by atoms with Gasteiger partial charge in [-0.25, -0.2) is 4.98 Å². The predicted octanol–water partition coefficient (Wildman–Crippen LogP) is 2.08. The van der Waals surface area contributed by atoms with Crippen molar-refractivity contribution in [2.75, 3.05) is 6.54 Å². The molecule has 96 valence electrons. The summed E-state index contributed by atoms with van der Waals surface area (Å²) in [5, 5.41) is 1.94. The van der Waals surface area contributed by atoms with Crippen LogP contribution in [0.15, 0.2) is 46.6 Å². The third-order valence-electron chi connectivity index (χ3n) is 2.96. The van der Waals surface area contributed by atoms with E-state index in [2.05, 4.69) is 4.98 Å². The molecule has 3 rings (SSSR count). The largest absolute Gasteiger partial charge is 0.329 e. The minimum absolute atomic E-state index is 0.0772. The summed E-state index contributed by atoms with van der Waals surface area (Å²) in [7, 11) is 0. The summed E-state index contributed by atoms with van der Waals surface area (Å²) in [6.45, 7) is 0.929. The van der Waals surface area contributed by atoms with Crippen molar-refractivity contribution in [3.8, 4) is 10.6 Å². The van der Waals surface area contributed by atoms with Crippen LogP contribution in [0, 0.1) is 0 Å². The van der Waals surface area contributed by atoms with E-state index in [4.69, 9.17) is 5.73 Å². The molecule has 0 aliphatic heterocycles. The molecule has 0 atom stereocenters. The number of hydrogen-bond acceptors (Lipinski definition) is 4. The van der Waals surface area contributed by atoms with Gasteiger partial charge < -0.3 is 10.3 Å². The van der Waals surface area contributed by atoms with Crippen LogP contribution < -0.4 is 11.3 Å². The maximum absolute atomic E-state index is 12.5. The van der Waals surface area contributed by atoms with Gasteiger partial charge in [0.2, 0.25) is 0 Å². The molecule has 0 bridgehead atoms. The summed E-state index contributed by atoms with van der Waals surface area (Å²) in [6, 6.07) is 11.5. The van der Waals surface area contributed by atoms with Gasteiger partial charge in [0.1, 0.15) is 5.69 Å². The lowest BCUT2D eigenvalue weighted by molar-refractivity contribution is 0.705. The van der Waals surface area contributed by atoms with Crippen molar-refractivity contribution < 1.29 is 0 Å². The summed E-state index contributed by atoms with van der Waals surface area (Å²) >= 11 is 1.52.